The average molecular weight is 1000 g/mol. The van der Waals surface area contributed by atoms with E-state index in [-0.39, 0.29) is 45.3 Å². The molecular formula is C57H78F3N5O5S. The molecule has 0 radical (unpaired) electrons. The molecule has 2 saturated carbocycles. The van der Waals surface area contributed by atoms with Crippen LogP contribution in [0.3, 0.4) is 0 Å². The molecule has 1 aromatic heterocycles. The van der Waals surface area contributed by atoms with Gasteiger partial charge in [0.25, 0.3) is 0 Å². The molecule has 0 atom stereocenters. The fourth-order valence-electron chi connectivity index (χ4n) is 7.06. The van der Waals surface area contributed by atoms with Crippen LogP contribution in [0.5, 0.6) is 5.75 Å². The number of amides is 3. The van der Waals surface area contributed by atoms with E-state index in [4.69, 9.17) is 4.74 Å². The first kappa shape index (κ1) is 57.9. The number of anilines is 2. The largest absolute Gasteiger partial charge is 0.494 e. The number of sulfone groups is 1. The third-order valence-electron chi connectivity index (χ3n) is 12.1. The molecule has 2 fully saturated rings. The van der Waals surface area contributed by atoms with Crippen LogP contribution >= 0.6 is 0 Å². The van der Waals surface area contributed by atoms with Crippen LogP contribution in [0.1, 0.15) is 149 Å². The summed E-state index contributed by atoms with van der Waals surface area (Å²) >= 11 is 0. The SMILES string of the molecule is CC(C)(C)c1ccc(CS(=O)(=O)CCC(F)(F)F)cc1.CC(C)(C)c1cccc(NC(=O)C2CCC2)c1.CC(C)(C)c1cccc(NC(=O)NC2CC2)c1.COc1cc(C(C)(C)C)ccc1-n1cccn1. The van der Waals surface area contributed by atoms with Crippen molar-refractivity contribution in [3.05, 3.63) is 137 Å². The van der Waals surface area contributed by atoms with Crippen LogP contribution in [0, 0.1) is 5.92 Å². The van der Waals surface area contributed by atoms with Crippen molar-refractivity contribution in [1.29, 1.82) is 0 Å². The number of nitrogens with one attached hydrogen (secondary N) is 3. The van der Waals surface area contributed by atoms with Gasteiger partial charge in [0.05, 0.1) is 25.0 Å². The number of rotatable bonds is 10. The molecule has 3 N–H and O–H groups in total. The molecule has 0 spiro atoms. The Hall–Kier alpha value is -5.63. The van der Waals surface area contributed by atoms with Crippen molar-refractivity contribution in [2.75, 3.05) is 23.5 Å². The molecule has 0 aliphatic heterocycles. The zero-order valence-electron chi connectivity index (χ0n) is 44.2. The second-order valence-corrected chi connectivity index (χ2v) is 24.8. The van der Waals surface area contributed by atoms with Crippen molar-refractivity contribution in [1.82, 2.24) is 15.1 Å². The Balaban J connectivity index is 0.000000206. The van der Waals surface area contributed by atoms with E-state index in [1.54, 1.807) is 25.4 Å². The summed E-state index contributed by atoms with van der Waals surface area (Å²) in [6.45, 7) is 25.7. The molecule has 0 saturated heterocycles. The summed E-state index contributed by atoms with van der Waals surface area (Å²) in [5, 5.41) is 13.0. The Morgan fingerprint density at radius 1 is 0.662 bits per heavy atom. The minimum absolute atomic E-state index is 0.0479. The molecule has 388 valence electrons. The van der Waals surface area contributed by atoms with E-state index in [1.165, 1.54) is 23.1 Å². The van der Waals surface area contributed by atoms with Crippen LogP contribution in [0.25, 0.3) is 5.69 Å². The highest BCUT2D eigenvalue weighted by Gasteiger charge is 2.30. The number of methoxy groups -OCH3 is 1. The van der Waals surface area contributed by atoms with Gasteiger partial charge in [-0.15, -0.1) is 0 Å². The van der Waals surface area contributed by atoms with E-state index in [9.17, 15) is 31.2 Å². The van der Waals surface area contributed by atoms with Crippen molar-refractivity contribution in [2.45, 2.75) is 161 Å². The lowest BCUT2D eigenvalue weighted by Gasteiger charge is -2.25. The van der Waals surface area contributed by atoms with E-state index < -0.39 is 28.2 Å². The zero-order chi connectivity index (χ0) is 53.0. The van der Waals surface area contributed by atoms with Gasteiger partial charge in [-0.2, -0.15) is 18.3 Å². The van der Waals surface area contributed by atoms with Gasteiger partial charge in [-0.05, 0) is 118 Å². The molecule has 1 heterocycles. The van der Waals surface area contributed by atoms with E-state index >= 15 is 0 Å². The summed E-state index contributed by atoms with van der Waals surface area (Å²) < 4.78 is 66.6. The first-order chi connectivity index (χ1) is 32.8. The summed E-state index contributed by atoms with van der Waals surface area (Å²) in [6, 6.07) is 31.6. The highest BCUT2D eigenvalue weighted by molar-refractivity contribution is 7.90. The van der Waals surface area contributed by atoms with Gasteiger partial charge in [0, 0.05) is 35.7 Å². The Bertz CT molecular complexity index is 2590. The Kier molecular flexibility index (Phi) is 19.7. The summed E-state index contributed by atoms with van der Waals surface area (Å²) in [5.74, 6) is 0.0575. The molecule has 0 unspecified atom stereocenters. The lowest BCUT2D eigenvalue weighted by Crippen LogP contribution is -2.30. The van der Waals surface area contributed by atoms with Gasteiger partial charge < -0.3 is 20.7 Å². The second-order valence-electron chi connectivity index (χ2n) is 22.6. The summed E-state index contributed by atoms with van der Waals surface area (Å²) in [5.41, 5.74) is 8.34. The second kappa shape index (κ2) is 24.2. The Morgan fingerprint density at radius 3 is 1.61 bits per heavy atom. The molecule has 71 heavy (non-hydrogen) atoms. The number of aromatic nitrogens is 2. The highest BCUT2D eigenvalue weighted by Crippen LogP contribution is 2.32. The lowest BCUT2D eigenvalue weighted by atomic mass is 9.84. The number of urea groups is 1. The zero-order valence-corrected chi connectivity index (χ0v) is 45.0. The highest BCUT2D eigenvalue weighted by atomic mass is 32.2. The topological polar surface area (TPSA) is 131 Å². The van der Waals surface area contributed by atoms with Crippen molar-refractivity contribution in [3.63, 3.8) is 0 Å². The van der Waals surface area contributed by atoms with E-state index in [0.29, 0.717) is 11.6 Å². The normalized spacial score (nSPS) is 14.2. The molecule has 14 heteroatoms. The number of alkyl halides is 3. The fourth-order valence-corrected chi connectivity index (χ4v) is 8.45. The summed E-state index contributed by atoms with van der Waals surface area (Å²) in [4.78, 5) is 23.4. The maximum absolute atomic E-state index is 12.0. The monoisotopic (exact) mass is 1000 g/mol. The van der Waals surface area contributed by atoms with Gasteiger partial charge in [0.15, 0.2) is 9.84 Å². The van der Waals surface area contributed by atoms with Crippen LogP contribution < -0.4 is 20.7 Å². The van der Waals surface area contributed by atoms with Gasteiger partial charge in [-0.3, -0.25) is 4.79 Å². The molecular weight excluding hydrogens is 924 g/mol. The van der Waals surface area contributed by atoms with Crippen LogP contribution in [-0.2, 0) is 42.0 Å². The number of hydrogen-bond donors (Lipinski definition) is 3. The van der Waals surface area contributed by atoms with E-state index in [0.717, 1.165) is 54.1 Å². The first-order valence-corrected chi connectivity index (χ1v) is 26.3. The van der Waals surface area contributed by atoms with Crippen molar-refractivity contribution in [2.24, 2.45) is 5.92 Å². The first-order valence-electron chi connectivity index (χ1n) is 24.5. The molecule has 2 aliphatic carbocycles. The Morgan fingerprint density at radius 2 is 1.17 bits per heavy atom. The maximum Gasteiger partial charge on any atom is 0.390 e. The number of halogens is 3. The molecule has 2 aliphatic rings. The summed E-state index contributed by atoms with van der Waals surface area (Å²) in [6.07, 6.45) is 3.44. The minimum Gasteiger partial charge on any atom is -0.494 e. The van der Waals surface area contributed by atoms with Gasteiger partial charge in [0.2, 0.25) is 5.91 Å². The molecule has 5 aromatic rings. The van der Waals surface area contributed by atoms with Crippen molar-refractivity contribution >= 4 is 33.2 Å². The Labute approximate surface area is 421 Å². The standard InChI is InChI=1S/C15H21NO.C14H19F3O2S.C14H18N2O.C14H20N2O/c1-15(2,3)12-8-5-9-13(10-12)16-14(17)11-6-4-7-11;1-13(2,3)12-6-4-11(5-7-12)10-20(18,19)9-8-14(15,16)17;1-14(2,3)11-6-7-12(13(10-11)17-4)16-9-5-8-15-16;1-14(2,3)10-5-4-6-12(9-10)16-13(17)15-11-7-8-11/h5,8-11H,4,6-7H2,1-3H3,(H,16,17);4-7H,8-10H2,1-3H3;5-10H,1-4H3;4-6,9,11H,7-8H2,1-3H3,(H2,15,16,17). The predicted octanol–water partition coefficient (Wildman–Crippen LogP) is 14.0. The molecule has 7 rings (SSSR count). The molecule has 3 amide bonds. The molecule has 4 aromatic carbocycles. The third kappa shape index (κ3) is 20.2. The van der Waals surface area contributed by atoms with Crippen molar-refractivity contribution < 1.29 is 35.9 Å². The quantitative estimate of drug-likeness (QED) is 0.128. The predicted molar refractivity (Wildman–Crippen MR) is 284 cm³/mol. The van der Waals surface area contributed by atoms with E-state index in [1.807, 2.05) is 86.2 Å². The van der Waals surface area contributed by atoms with Gasteiger partial charge >= 0.3 is 12.2 Å². The number of carbonyl (C=O) groups is 2. The van der Waals surface area contributed by atoms with Gasteiger partial charge in [-0.25, -0.2) is 17.9 Å². The van der Waals surface area contributed by atoms with Crippen LogP contribution in [0.2, 0.25) is 0 Å². The van der Waals surface area contributed by atoms with Crippen LogP contribution in [0.4, 0.5) is 29.3 Å². The lowest BCUT2D eigenvalue weighted by molar-refractivity contribution is -0.130. The summed E-state index contributed by atoms with van der Waals surface area (Å²) in [7, 11) is -2.05. The number of hydrogen-bond acceptors (Lipinski definition) is 6. The average Bonchev–Trinajstić information content (AvgIpc) is 3.88. The number of nitrogens with zero attached hydrogens (tertiary/aromatic N) is 2. The van der Waals surface area contributed by atoms with Crippen molar-refractivity contribution in [3.8, 4) is 11.4 Å². The molecule has 10 nitrogen and oxygen atoms in total. The van der Waals surface area contributed by atoms with Gasteiger partial charge in [0.1, 0.15) is 11.4 Å². The van der Waals surface area contributed by atoms with E-state index in [2.05, 4.69) is 114 Å². The fraction of sp³-hybridized carbons (Fsp3) is 0.491. The van der Waals surface area contributed by atoms with Gasteiger partial charge in [-0.1, -0.05) is 144 Å². The number of ether oxygens (including phenoxy) is 1. The third-order valence-corrected chi connectivity index (χ3v) is 13.7. The molecule has 0 bridgehead atoms. The number of carbonyl (C=O) groups excluding carboxylic acids is 2. The number of benzene rings is 4. The van der Waals surface area contributed by atoms with Crippen LogP contribution in [0.15, 0.2) is 109 Å². The smallest absolute Gasteiger partial charge is 0.390 e. The van der Waals surface area contributed by atoms with Crippen LogP contribution in [-0.4, -0.2) is 55.2 Å². The minimum atomic E-state index is -4.44. The maximum atomic E-state index is 12.0.